The van der Waals surface area contributed by atoms with Crippen molar-refractivity contribution in [2.24, 2.45) is 47.2 Å². The van der Waals surface area contributed by atoms with Gasteiger partial charge in [-0.25, -0.2) is 9.59 Å². The number of methoxy groups -OCH3 is 2. The number of hydrogen-bond acceptors (Lipinski definition) is 19. The third-order valence-corrected chi connectivity index (χ3v) is 22.1. The van der Waals surface area contributed by atoms with Crippen LogP contribution in [-0.2, 0) is 89.5 Å². The Kier molecular flexibility index (Phi) is 42.1. The first-order valence-corrected chi connectivity index (χ1v) is 41.8. The first kappa shape index (κ1) is 98.2. The molecular formula is C90H130N10O19. The molecule has 0 aromatic heterocycles. The Balaban J connectivity index is 0.901. The molecule has 6 rings (SSSR count). The van der Waals surface area contributed by atoms with Crippen molar-refractivity contribution in [3.8, 4) is 11.8 Å². The number of amides is 10. The van der Waals surface area contributed by atoms with Crippen LogP contribution < -0.4 is 37.2 Å². The first-order chi connectivity index (χ1) is 56.9. The highest BCUT2D eigenvalue weighted by Crippen LogP contribution is 2.33. The average Bonchev–Trinajstić information content (AvgIpc) is 1.43. The van der Waals surface area contributed by atoms with Crippen LogP contribution in [0.15, 0.2) is 103 Å². The van der Waals surface area contributed by atoms with Gasteiger partial charge in [0.15, 0.2) is 11.6 Å². The first-order valence-electron chi connectivity index (χ1n) is 41.8. The molecule has 2 heterocycles. The maximum Gasteiger partial charge on any atom is 0.410 e. The third-order valence-electron chi connectivity index (χ3n) is 22.1. The number of likely N-dealkylation sites (N-methyl/N-ethyl adjacent to an activating group) is 2. The second kappa shape index (κ2) is 51.1. The summed E-state index contributed by atoms with van der Waals surface area (Å²) < 4.78 is 40.3. The van der Waals surface area contributed by atoms with Crippen molar-refractivity contribution < 1.29 is 91.0 Å². The lowest BCUT2D eigenvalue weighted by Gasteiger charge is -2.41. The van der Waals surface area contributed by atoms with Crippen molar-refractivity contribution in [1.29, 1.82) is 0 Å². The van der Waals surface area contributed by atoms with E-state index in [0.717, 1.165) is 16.7 Å². The number of primary amides is 1. The Morgan fingerprint density at radius 2 is 1.24 bits per heavy atom. The standard InChI is InChI=1S/C90H130N10O19/c1-15-61(8)83(76(113-13)55-80(106)99-44-24-32-73(99)85(114-14)62(9)86(108)94-63(10)84(107)67-27-17-16-18-28-67)97(11)88(110)71(58(2)3)54-75(102)82(60(6)7)98(12)90(112)119-57-64-33-37-70(38-34-64)95-87(109)68(30-23-42-93-89(91)111)53-74(101)81(59(4)5)96-78(104)41-45-115-47-49-117-51-52-118-50-48-116-46-43-92-77(103)39-40-79(105)100-56-69-29-20-19-25-65(69)35-36-66-26-21-22-31-72(66)100/h16-22,25-29,31,33-34,37-38,58-63,68,71,73,76,81-85,107H,15,23-24,30,32,39-57H2,1-14H3,(H,92,103)(H,94,108)(H,95,109)(H,96,104)(H3,91,93,111)/t61-,62+,63+,68+,71-,73-,76+,81-,82-,83-,84+,85+/m0/s1. The molecule has 4 aromatic rings. The summed E-state index contributed by atoms with van der Waals surface area (Å²) in [5.74, 6) is -0.103. The molecule has 8 N–H and O–H groups in total. The van der Waals surface area contributed by atoms with Gasteiger partial charge in [-0.3, -0.25) is 43.2 Å². The smallest absolute Gasteiger partial charge is 0.410 e. The molecule has 0 bridgehead atoms. The van der Waals surface area contributed by atoms with Gasteiger partial charge in [0.2, 0.25) is 41.4 Å². The molecule has 1 saturated heterocycles. The van der Waals surface area contributed by atoms with Gasteiger partial charge >= 0.3 is 12.1 Å². The summed E-state index contributed by atoms with van der Waals surface area (Å²) in [7, 11) is 6.19. The van der Waals surface area contributed by atoms with E-state index in [4.69, 9.17) is 38.9 Å². The minimum absolute atomic E-state index is 0.0248. The zero-order valence-corrected chi connectivity index (χ0v) is 72.1. The number of ketones is 2. The lowest BCUT2D eigenvalue weighted by atomic mass is 9.83. The number of aliphatic hydroxyl groups is 1. The summed E-state index contributed by atoms with van der Waals surface area (Å²) in [6.45, 7) is 21.3. The van der Waals surface area contributed by atoms with E-state index in [9.17, 15) is 57.8 Å². The van der Waals surface area contributed by atoms with Crippen molar-refractivity contribution in [3.05, 3.63) is 131 Å². The van der Waals surface area contributed by atoms with Gasteiger partial charge in [-0.1, -0.05) is 153 Å². The Hall–Kier alpha value is -9.67. The highest BCUT2D eigenvalue weighted by Gasteiger charge is 2.44. The van der Waals surface area contributed by atoms with Crippen LogP contribution in [-0.4, -0.2) is 228 Å². The van der Waals surface area contributed by atoms with E-state index >= 15 is 0 Å². The van der Waals surface area contributed by atoms with E-state index in [-0.39, 0.29) is 157 Å². The molecule has 12 atom stereocenters. The fraction of sp³-hybridized carbons (Fsp3) is 0.589. The van der Waals surface area contributed by atoms with Gasteiger partial charge in [0.25, 0.3) is 0 Å². The van der Waals surface area contributed by atoms with Gasteiger partial charge in [-0.05, 0) is 103 Å². The average molecular weight is 1660 g/mol. The molecule has 0 radical (unpaired) electrons. The Morgan fingerprint density at radius 3 is 1.86 bits per heavy atom. The number of nitrogens with one attached hydrogen (secondary N) is 5. The van der Waals surface area contributed by atoms with Crippen LogP contribution in [0.1, 0.15) is 174 Å². The molecule has 0 unspecified atom stereocenters. The lowest BCUT2D eigenvalue weighted by molar-refractivity contribution is -0.149. The number of nitrogens with two attached hydrogens (primary N) is 1. The van der Waals surface area contributed by atoms with Gasteiger partial charge < -0.3 is 90.2 Å². The Bertz CT molecular complexity index is 3980. The molecule has 654 valence electrons. The van der Waals surface area contributed by atoms with Crippen LogP contribution in [0.5, 0.6) is 0 Å². The summed E-state index contributed by atoms with van der Waals surface area (Å²) in [5.41, 5.74) is 10.2. The predicted octanol–water partition coefficient (Wildman–Crippen LogP) is 9.07. The number of rotatable bonds is 52. The summed E-state index contributed by atoms with van der Waals surface area (Å²) in [5, 5.41) is 24.9. The number of Topliss-reactive ketones (excluding diaryl/α,β-unsaturated/α-hetero) is 2. The molecule has 0 saturated carbocycles. The van der Waals surface area contributed by atoms with Crippen LogP contribution in [0.25, 0.3) is 0 Å². The molecule has 0 spiro atoms. The number of urea groups is 1. The zero-order chi connectivity index (χ0) is 87.3. The second-order valence-electron chi connectivity index (χ2n) is 31.8. The summed E-state index contributed by atoms with van der Waals surface area (Å²) >= 11 is 0. The van der Waals surface area contributed by atoms with Crippen LogP contribution in [0, 0.1) is 53.3 Å². The fourth-order valence-corrected chi connectivity index (χ4v) is 15.2. The number of ether oxygens (including phenoxy) is 7. The van der Waals surface area contributed by atoms with Crippen molar-refractivity contribution in [2.75, 3.05) is 111 Å². The summed E-state index contributed by atoms with van der Waals surface area (Å²) in [6, 6.07) is 26.5. The monoisotopic (exact) mass is 1650 g/mol. The van der Waals surface area contributed by atoms with E-state index < -0.39 is 96.1 Å². The third kappa shape index (κ3) is 31.1. The van der Waals surface area contributed by atoms with Crippen LogP contribution in [0.4, 0.5) is 21.0 Å². The van der Waals surface area contributed by atoms with Gasteiger partial charge in [0.1, 0.15) is 6.61 Å². The number of para-hydroxylation sites is 1. The van der Waals surface area contributed by atoms with Crippen molar-refractivity contribution in [3.63, 3.8) is 0 Å². The van der Waals surface area contributed by atoms with Crippen LogP contribution in [0.3, 0.4) is 0 Å². The molecule has 119 heavy (non-hydrogen) atoms. The largest absolute Gasteiger partial charge is 0.445 e. The maximum absolute atomic E-state index is 14.9. The molecular weight excluding hydrogens is 1530 g/mol. The number of carbonyl (C=O) groups is 11. The van der Waals surface area contributed by atoms with Crippen LogP contribution >= 0.6 is 0 Å². The molecule has 1 fully saturated rings. The molecule has 4 aromatic carbocycles. The topological polar surface area (TPSA) is 372 Å². The normalized spacial score (nSPS) is 15.9. The number of likely N-dealkylation sites (tertiary alicyclic amines) is 1. The van der Waals surface area contributed by atoms with E-state index in [1.807, 2.05) is 108 Å². The van der Waals surface area contributed by atoms with E-state index in [0.29, 0.717) is 81.1 Å². The van der Waals surface area contributed by atoms with Crippen molar-refractivity contribution in [2.45, 2.75) is 202 Å². The fourth-order valence-electron chi connectivity index (χ4n) is 15.2. The molecule has 2 aliphatic heterocycles. The highest BCUT2D eigenvalue weighted by molar-refractivity contribution is 5.99. The quantitative estimate of drug-likeness (QED) is 0.0160. The minimum atomic E-state index is -0.981. The highest BCUT2D eigenvalue weighted by atomic mass is 16.6. The van der Waals surface area contributed by atoms with Crippen LogP contribution in [0.2, 0.25) is 0 Å². The number of fused-ring (bicyclic) bond motifs is 2. The molecule has 29 nitrogen and oxygen atoms in total. The Morgan fingerprint density at radius 1 is 0.613 bits per heavy atom. The number of anilines is 2. The number of benzene rings is 4. The Labute approximate surface area is 702 Å². The van der Waals surface area contributed by atoms with E-state index in [1.54, 1.807) is 85.8 Å². The SMILES string of the molecule is CC[C@H](C)[C@@H]([C@@H](CC(=O)N1CCC[C@H]1[C@H](OC)[C@@H](C)C(=O)N[C@H](C)[C@@H](O)c1ccccc1)OC)N(C)C(=O)[C@@H](CC(=O)[C@H](C(C)C)N(C)C(=O)OCc1ccc(NC(=O)[C@H](CCCNC(N)=O)CC(=O)[C@@H](NC(=O)CCOCCOCCOCCOCCNC(=O)CCC(=O)N2Cc3ccccc3C#Cc3ccccc32)C(C)C)cc1)C(C)C. The maximum atomic E-state index is 14.9. The molecule has 0 aliphatic carbocycles. The number of aliphatic hydroxyl groups excluding tert-OH is 1. The number of carbonyl (C=O) groups excluding carboxylic acids is 11. The lowest BCUT2D eigenvalue weighted by Crippen LogP contribution is -2.55. The van der Waals surface area contributed by atoms with E-state index in [1.165, 1.54) is 26.2 Å². The molecule has 10 amide bonds. The summed E-state index contributed by atoms with van der Waals surface area (Å²) in [6.07, 6.45) is -1.23. The minimum Gasteiger partial charge on any atom is -0.445 e. The zero-order valence-electron chi connectivity index (χ0n) is 72.1. The summed E-state index contributed by atoms with van der Waals surface area (Å²) in [4.78, 5) is 157. The number of hydrogen-bond donors (Lipinski definition) is 7. The van der Waals surface area contributed by atoms with Gasteiger partial charge in [0, 0.05) is 109 Å². The van der Waals surface area contributed by atoms with Crippen molar-refractivity contribution in [1.82, 2.24) is 36.0 Å². The van der Waals surface area contributed by atoms with E-state index in [2.05, 4.69) is 38.4 Å². The molecule has 29 heteroatoms. The van der Waals surface area contributed by atoms with Gasteiger partial charge in [0.05, 0.1) is 126 Å². The second-order valence-corrected chi connectivity index (χ2v) is 31.8. The predicted molar refractivity (Wildman–Crippen MR) is 452 cm³/mol. The van der Waals surface area contributed by atoms with Gasteiger partial charge in [-0.2, -0.15) is 0 Å². The number of nitrogens with zero attached hydrogens (tertiary/aromatic N) is 4. The van der Waals surface area contributed by atoms with Gasteiger partial charge in [-0.15, -0.1) is 0 Å². The van der Waals surface area contributed by atoms with Crippen molar-refractivity contribution >= 4 is 76.4 Å². The molecule has 2 aliphatic rings.